The number of likely N-dealkylation sites (tertiary alicyclic amines) is 1. The van der Waals surface area contributed by atoms with Gasteiger partial charge in [0, 0.05) is 62.8 Å². The summed E-state index contributed by atoms with van der Waals surface area (Å²) in [5.74, 6) is 2.52. The Balaban J connectivity index is 1.36. The largest absolute Gasteiger partial charge is 0.361 e. The van der Waals surface area contributed by atoms with E-state index in [2.05, 4.69) is 56.7 Å². The van der Waals surface area contributed by atoms with Crippen molar-refractivity contribution in [2.75, 3.05) is 52.9 Å². The molecule has 0 amide bonds. The molecule has 0 spiro atoms. The van der Waals surface area contributed by atoms with Gasteiger partial charge >= 0.3 is 0 Å². The fourth-order valence-corrected chi connectivity index (χ4v) is 5.81. The van der Waals surface area contributed by atoms with Gasteiger partial charge in [0.2, 0.25) is 0 Å². The molecule has 0 bridgehead atoms. The minimum Gasteiger partial charge on any atom is -0.361 e. The van der Waals surface area contributed by atoms with Crippen molar-refractivity contribution in [3.8, 4) is 0 Å². The molecule has 0 aliphatic carbocycles. The van der Waals surface area contributed by atoms with E-state index in [1.165, 1.54) is 24.3 Å². The topological polar surface area (TPSA) is 60.1 Å². The lowest BCUT2D eigenvalue weighted by Gasteiger charge is -2.39. The van der Waals surface area contributed by atoms with E-state index in [-0.39, 0.29) is 0 Å². The number of guanidine groups is 1. The zero-order valence-corrected chi connectivity index (χ0v) is 19.9. The minimum absolute atomic E-state index is 0.489. The van der Waals surface area contributed by atoms with Gasteiger partial charge in [-0.2, -0.15) is 0 Å². The first-order valence-corrected chi connectivity index (χ1v) is 12.4. The summed E-state index contributed by atoms with van der Waals surface area (Å²) in [6, 6.07) is 6.98. The predicted octanol–water partition coefficient (Wildman–Crippen LogP) is 3.21. The molecule has 2 unspecified atom stereocenters. The van der Waals surface area contributed by atoms with E-state index < -0.39 is 0 Å². The van der Waals surface area contributed by atoms with Crippen LogP contribution in [-0.4, -0.2) is 78.7 Å². The summed E-state index contributed by atoms with van der Waals surface area (Å²) >= 11 is 1.88. The number of piperidine rings is 1. The van der Waals surface area contributed by atoms with E-state index in [0.717, 1.165) is 63.2 Å². The van der Waals surface area contributed by atoms with Gasteiger partial charge in [-0.3, -0.25) is 14.8 Å². The Morgan fingerprint density at radius 1 is 1.29 bits per heavy atom. The van der Waals surface area contributed by atoms with Crippen molar-refractivity contribution in [3.63, 3.8) is 0 Å². The molecule has 0 saturated carbocycles. The van der Waals surface area contributed by atoms with Gasteiger partial charge in [-0.15, -0.1) is 11.3 Å². The van der Waals surface area contributed by atoms with Crippen LogP contribution in [0.3, 0.4) is 0 Å². The molecular formula is C23H36N6OS. The van der Waals surface area contributed by atoms with Gasteiger partial charge in [0.05, 0.1) is 5.69 Å². The number of thiophene rings is 1. The van der Waals surface area contributed by atoms with E-state index in [1.54, 1.807) is 0 Å². The monoisotopic (exact) mass is 444 g/mol. The van der Waals surface area contributed by atoms with Gasteiger partial charge in [0.15, 0.2) is 5.96 Å². The smallest absolute Gasteiger partial charge is 0.194 e. The zero-order valence-electron chi connectivity index (χ0n) is 19.1. The van der Waals surface area contributed by atoms with Crippen molar-refractivity contribution >= 4 is 17.3 Å². The van der Waals surface area contributed by atoms with Crippen molar-refractivity contribution in [1.82, 2.24) is 25.2 Å². The maximum absolute atomic E-state index is 5.21. The highest BCUT2D eigenvalue weighted by Gasteiger charge is 2.31. The Kier molecular flexibility index (Phi) is 7.63. The summed E-state index contributed by atoms with van der Waals surface area (Å²) < 4.78 is 5.21. The van der Waals surface area contributed by atoms with Gasteiger partial charge in [-0.05, 0) is 57.6 Å². The van der Waals surface area contributed by atoms with Crippen LogP contribution in [0.25, 0.3) is 0 Å². The quantitative estimate of drug-likeness (QED) is 0.545. The summed E-state index contributed by atoms with van der Waals surface area (Å²) in [6.07, 6.45) is 2.51. The molecule has 4 rings (SSSR count). The number of piperazine rings is 1. The average Bonchev–Trinajstić information content (AvgIpc) is 3.44. The number of hydrogen-bond acceptors (Lipinski definition) is 6. The predicted molar refractivity (Wildman–Crippen MR) is 126 cm³/mol. The van der Waals surface area contributed by atoms with Gasteiger partial charge in [0.25, 0.3) is 0 Å². The highest BCUT2D eigenvalue weighted by atomic mass is 32.1. The Morgan fingerprint density at radius 3 is 2.81 bits per heavy atom. The summed E-state index contributed by atoms with van der Waals surface area (Å²) in [5, 5.41) is 9.88. The maximum atomic E-state index is 5.21. The molecule has 2 aromatic heterocycles. The van der Waals surface area contributed by atoms with Crippen LogP contribution in [0.1, 0.15) is 42.1 Å². The number of aryl methyl sites for hydroxylation is 1. The second kappa shape index (κ2) is 10.6. The van der Waals surface area contributed by atoms with E-state index in [0.29, 0.717) is 12.0 Å². The van der Waals surface area contributed by atoms with Gasteiger partial charge < -0.3 is 14.7 Å². The molecule has 4 heterocycles. The summed E-state index contributed by atoms with van der Waals surface area (Å²) in [7, 11) is 2.26. The highest BCUT2D eigenvalue weighted by Crippen LogP contribution is 2.37. The van der Waals surface area contributed by atoms with Crippen molar-refractivity contribution in [1.29, 1.82) is 0 Å². The van der Waals surface area contributed by atoms with Gasteiger partial charge in [0.1, 0.15) is 5.76 Å². The summed E-state index contributed by atoms with van der Waals surface area (Å²) in [6.45, 7) is 11.9. The van der Waals surface area contributed by atoms with E-state index in [9.17, 15) is 0 Å². The molecule has 0 radical (unpaired) electrons. The van der Waals surface area contributed by atoms with E-state index >= 15 is 0 Å². The number of nitrogens with zero attached hydrogens (tertiary/aromatic N) is 5. The molecule has 2 fully saturated rings. The Labute approximate surface area is 190 Å². The molecule has 2 atom stereocenters. The average molecular weight is 445 g/mol. The molecule has 0 aromatic carbocycles. The van der Waals surface area contributed by atoms with E-state index in [1.807, 2.05) is 24.3 Å². The highest BCUT2D eigenvalue weighted by molar-refractivity contribution is 7.10. The third-order valence-electron chi connectivity index (χ3n) is 6.39. The van der Waals surface area contributed by atoms with Crippen LogP contribution >= 0.6 is 11.3 Å². The van der Waals surface area contributed by atoms with Crippen molar-refractivity contribution in [3.05, 3.63) is 39.9 Å². The third kappa shape index (κ3) is 5.67. The molecule has 2 aliphatic rings. The molecule has 2 saturated heterocycles. The normalized spacial score (nSPS) is 24.0. The number of aromatic nitrogens is 1. The Bertz CT molecular complexity index is 827. The van der Waals surface area contributed by atoms with Crippen LogP contribution in [0.5, 0.6) is 0 Å². The lowest BCUT2D eigenvalue weighted by Crippen LogP contribution is -2.52. The Hall–Kier alpha value is -1.90. The lowest BCUT2D eigenvalue weighted by molar-refractivity contribution is 0.127. The summed E-state index contributed by atoms with van der Waals surface area (Å²) in [5.41, 5.74) is 1.02. The fourth-order valence-electron chi connectivity index (χ4n) is 4.83. The van der Waals surface area contributed by atoms with E-state index in [4.69, 9.17) is 9.52 Å². The number of nitrogens with one attached hydrogen (secondary N) is 1. The SMILES string of the molecule is CCNC(=NCC1CCCN(C)C1c1cccs1)N1CCN(Cc2cc(C)on2)CC1. The van der Waals surface area contributed by atoms with Crippen LogP contribution in [0.4, 0.5) is 0 Å². The number of rotatable bonds is 6. The molecular weight excluding hydrogens is 408 g/mol. The first-order valence-electron chi connectivity index (χ1n) is 11.6. The molecule has 7 nitrogen and oxygen atoms in total. The molecule has 2 aliphatic heterocycles. The second-order valence-corrected chi connectivity index (χ2v) is 9.71. The Morgan fingerprint density at radius 2 is 2.13 bits per heavy atom. The summed E-state index contributed by atoms with van der Waals surface area (Å²) in [4.78, 5) is 14.0. The molecule has 31 heavy (non-hydrogen) atoms. The second-order valence-electron chi connectivity index (χ2n) is 8.73. The standard InChI is InChI=1S/C23H36N6OS/c1-4-24-23(29-12-10-28(11-13-29)17-20-15-18(2)30-26-20)25-16-19-7-5-9-27(3)22(19)21-8-6-14-31-21/h6,8,14-15,19,22H,4-5,7,9-13,16-17H2,1-3H3,(H,24,25). The fraction of sp³-hybridized carbons (Fsp3) is 0.652. The van der Waals surface area contributed by atoms with Crippen molar-refractivity contribution < 1.29 is 4.52 Å². The van der Waals surface area contributed by atoms with Crippen LogP contribution < -0.4 is 5.32 Å². The van der Waals surface area contributed by atoms with Crippen LogP contribution in [0.15, 0.2) is 33.1 Å². The first-order chi connectivity index (χ1) is 15.1. The van der Waals surface area contributed by atoms with Crippen LogP contribution in [-0.2, 0) is 6.54 Å². The number of hydrogen-bond donors (Lipinski definition) is 1. The molecule has 2 aromatic rings. The van der Waals surface area contributed by atoms with Gasteiger partial charge in [-0.1, -0.05) is 11.2 Å². The van der Waals surface area contributed by atoms with Crippen LogP contribution in [0, 0.1) is 12.8 Å². The maximum Gasteiger partial charge on any atom is 0.194 e. The number of aliphatic imine (C=N–C) groups is 1. The molecule has 8 heteroatoms. The van der Waals surface area contributed by atoms with Crippen molar-refractivity contribution in [2.45, 2.75) is 39.3 Å². The van der Waals surface area contributed by atoms with Gasteiger partial charge in [-0.25, -0.2) is 0 Å². The molecule has 1 N–H and O–H groups in total. The molecule has 170 valence electrons. The van der Waals surface area contributed by atoms with Crippen LogP contribution in [0.2, 0.25) is 0 Å². The minimum atomic E-state index is 0.489. The lowest BCUT2D eigenvalue weighted by atomic mass is 9.88. The third-order valence-corrected chi connectivity index (χ3v) is 7.33. The first kappa shape index (κ1) is 22.3. The zero-order chi connectivity index (χ0) is 21.6. The van der Waals surface area contributed by atoms with Crippen molar-refractivity contribution in [2.24, 2.45) is 10.9 Å².